The SMILES string of the molecule is CN(C(=O)/C=C/c1ccoc1)[C@@H]1CC[C@@]2(O)[C@H]3Cc4ccc(O)c5c4C2(CCN3CC2CC2)[C@H]1O5. The molecule has 2 bridgehead atoms. The molecule has 1 unspecified atom stereocenters. The van der Waals surface area contributed by atoms with E-state index in [0.29, 0.717) is 18.6 Å². The first-order valence-corrected chi connectivity index (χ1v) is 12.9. The van der Waals surface area contributed by atoms with Gasteiger partial charge in [0, 0.05) is 36.8 Å². The first-order chi connectivity index (χ1) is 16.9. The number of benzene rings is 1. The lowest BCUT2D eigenvalue weighted by atomic mass is 9.48. The first-order valence-electron chi connectivity index (χ1n) is 12.9. The van der Waals surface area contributed by atoms with Crippen molar-refractivity contribution in [2.45, 2.75) is 67.7 Å². The molecule has 5 atom stereocenters. The molecule has 1 spiro atoms. The number of piperidine rings is 1. The number of likely N-dealkylation sites (tertiary alicyclic amines) is 1. The van der Waals surface area contributed by atoms with Crippen LogP contribution in [0.15, 0.2) is 41.2 Å². The summed E-state index contributed by atoms with van der Waals surface area (Å²) in [5, 5.41) is 23.3. The number of carbonyl (C=O) groups is 1. The molecule has 1 amide bonds. The van der Waals surface area contributed by atoms with Gasteiger partial charge in [0.25, 0.3) is 0 Å². The van der Waals surface area contributed by atoms with Gasteiger partial charge in [0.2, 0.25) is 5.91 Å². The zero-order valence-electron chi connectivity index (χ0n) is 20.0. The van der Waals surface area contributed by atoms with E-state index in [1.54, 1.807) is 35.6 Å². The highest BCUT2D eigenvalue weighted by molar-refractivity contribution is 5.91. The lowest BCUT2D eigenvalue weighted by Crippen LogP contribution is -2.78. The average molecular weight is 477 g/mol. The van der Waals surface area contributed by atoms with E-state index in [-0.39, 0.29) is 23.7 Å². The van der Waals surface area contributed by atoms with Crippen LogP contribution in [0.2, 0.25) is 0 Å². The highest BCUT2D eigenvalue weighted by Gasteiger charge is 2.73. The topological polar surface area (TPSA) is 86.4 Å². The molecule has 3 aliphatic carbocycles. The highest BCUT2D eigenvalue weighted by Crippen LogP contribution is 2.66. The minimum absolute atomic E-state index is 0.0360. The van der Waals surface area contributed by atoms with Gasteiger partial charge >= 0.3 is 0 Å². The van der Waals surface area contributed by atoms with Crippen molar-refractivity contribution in [2.75, 3.05) is 20.1 Å². The van der Waals surface area contributed by atoms with E-state index >= 15 is 0 Å². The van der Waals surface area contributed by atoms with Crippen LogP contribution in [0.1, 0.15) is 48.8 Å². The van der Waals surface area contributed by atoms with E-state index in [1.165, 1.54) is 18.4 Å². The van der Waals surface area contributed by atoms with Crippen LogP contribution < -0.4 is 4.74 Å². The number of aliphatic hydroxyl groups is 1. The van der Waals surface area contributed by atoms with Gasteiger partial charge in [0.15, 0.2) is 11.5 Å². The molecule has 184 valence electrons. The van der Waals surface area contributed by atoms with Gasteiger partial charge in [-0.05, 0) is 74.8 Å². The van der Waals surface area contributed by atoms with E-state index in [2.05, 4.69) is 4.90 Å². The lowest BCUT2D eigenvalue weighted by molar-refractivity contribution is -0.200. The van der Waals surface area contributed by atoms with Crippen LogP contribution in [0.4, 0.5) is 0 Å². The summed E-state index contributed by atoms with van der Waals surface area (Å²) in [7, 11) is 1.82. The summed E-state index contributed by atoms with van der Waals surface area (Å²) in [6, 6.07) is 5.38. The number of nitrogens with zero attached hydrogens (tertiary/aromatic N) is 2. The number of phenolic OH excluding ortho intramolecular Hbond substituents is 1. The minimum Gasteiger partial charge on any atom is -0.504 e. The van der Waals surface area contributed by atoms with Crippen LogP contribution in [0, 0.1) is 5.92 Å². The number of furan rings is 1. The molecule has 2 saturated carbocycles. The maximum Gasteiger partial charge on any atom is 0.246 e. The Labute approximate surface area is 205 Å². The highest BCUT2D eigenvalue weighted by atomic mass is 16.5. The molecule has 35 heavy (non-hydrogen) atoms. The summed E-state index contributed by atoms with van der Waals surface area (Å²) in [6.07, 6.45) is 11.5. The molecule has 2 aromatic rings. The predicted molar refractivity (Wildman–Crippen MR) is 129 cm³/mol. The smallest absolute Gasteiger partial charge is 0.246 e. The Hall–Kier alpha value is -2.77. The molecule has 3 fully saturated rings. The standard InChI is InChI=1S/C28H32N2O5/c1-29(23(32)7-4-18-9-13-34-16-18)20-8-10-28(33)22-14-19-5-6-21(31)25-24(19)27(28,26(20)35-25)11-12-30(22)15-17-2-3-17/h4-7,9,13,16-17,20,22,26,31,33H,2-3,8,10-12,14-15H2,1H3/b7-4+/t20-,22-,26+,27?,28-/m1/s1. The Bertz CT molecular complexity index is 1200. The normalized spacial score (nSPS) is 35.1. The van der Waals surface area contributed by atoms with Crippen LogP contribution >= 0.6 is 0 Å². The Morgan fingerprint density at radius 1 is 1.26 bits per heavy atom. The fourth-order valence-electron chi connectivity index (χ4n) is 7.67. The number of ether oxygens (including phenoxy) is 1. The Balaban J connectivity index is 1.28. The Kier molecular flexibility index (Phi) is 4.53. The maximum absolute atomic E-state index is 13.2. The summed E-state index contributed by atoms with van der Waals surface area (Å²) < 4.78 is 11.7. The second-order valence-electron chi connectivity index (χ2n) is 11.2. The van der Waals surface area contributed by atoms with Gasteiger partial charge in [-0.15, -0.1) is 0 Å². The molecular weight excluding hydrogens is 444 g/mol. The monoisotopic (exact) mass is 476 g/mol. The summed E-state index contributed by atoms with van der Waals surface area (Å²) in [4.78, 5) is 17.5. The number of hydrogen-bond acceptors (Lipinski definition) is 6. The molecule has 1 saturated heterocycles. The van der Waals surface area contributed by atoms with Gasteiger partial charge in [-0.2, -0.15) is 0 Å². The molecule has 2 N–H and O–H groups in total. The van der Waals surface area contributed by atoms with E-state index in [4.69, 9.17) is 9.15 Å². The van der Waals surface area contributed by atoms with Crippen molar-refractivity contribution in [3.8, 4) is 11.5 Å². The number of carbonyl (C=O) groups excluding carboxylic acids is 1. The van der Waals surface area contributed by atoms with Gasteiger partial charge in [0.1, 0.15) is 6.10 Å². The minimum atomic E-state index is -0.941. The zero-order chi connectivity index (χ0) is 23.9. The average Bonchev–Trinajstić information content (AvgIpc) is 3.36. The molecule has 7 nitrogen and oxygen atoms in total. The number of aromatic hydroxyl groups is 1. The molecule has 3 heterocycles. The number of rotatable bonds is 5. The summed E-state index contributed by atoms with van der Waals surface area (Å²) in [6.45, 7) is 1.96. The third-order valence-electron chi connectivity index (χ3n) is 9.54. The molecule has 0 radical (unpaired) electrons. The Morgan fingerprint density at radius 3 is 2.89 bits per heavy atom. The molecule has 1 aromatic heterocycles. The van der Waals surface area contributed by atoms with E-state index in [9.17, 15) is 15.0 Å². The summed E-state index contributed by atoms with van der Waals surface area (Å²) in [5.41, 5.74) is 1.44. The zero-order valence-corrected chi connectivity index (χ0v) is 20.0. The third kappa shape index (κ3) is 2.88. The van der Waals surface area contributed by atoms with Crippen molar-refractivity contribution in [1.29, 1.82) is 0 Å². The fourth-order valence-corrected chi connectivity index (χ4v) is 7.67. The quantitative estimate of drug-likeness (QED) is 0.645. The van der Waals surface area contributed by atoms with E-state index in [1.807, 2.05) is 19.2 Å². The molecule has 2 aliphatic heterocycles. The largest absolute Gasteiger partial charge is 0.504 e. The lowest BCUT2D eigenvalue weighted by Gasteiger charge is -2.64. The number of phenols is 1. The van der Waals surface area contributed by atoms with Gasteiger partial charge in [0.05, 0.1) is 29.6 Å². The van der Waals surface area contributed by atoms with Crippen molar-refractivity contribution in [2.24, 2.45) is 5.92 Å². The number of amides is 1. The van der Waals surface area contributed by atoms with Gasteiger partial charge in [-0.25, -0.2) is 0 Å². The molecule has 7 heteroatoms. The van der Waals surface area contributed by atoms with Crippen LogP contribution in [-0.4, -0.2) is 69.8 Å². The molecule has 5 aliphatic rings. The molecular formula is C28H32N2O5. The van der Waals surface area contributed by atoms with E-state index < -0.39 is 17.1 Å². The third-order valence-corrected chi connectivity index (χ3v) is 9.54. The summed E-state index contributed by atoms with van der Waals surface area (Å²) in [5.74, 6) is 1.28. The second kappa shape index (κ2) is 7.37. The van der Waals surface area contributed by atoms with Crippen LogP contribution in [0.5, 0.6) is 11.5 Å². The number of hydrogen-bond donors (Lipinski definition) is 2. The second-order valence-corrected chi connectivity index (χ2v) is 11.2. The summed E-state index contributed by atoms with van der Waals surface area (Å²) >= 11 is 0. The van der Waals surface area contributed by atoms with Crippen molar-refractivity contribution >= 4 is 12.0 Å². The van der Waals surface area contributed by atoms with Crippen molar-refractivity contribution < 1.29 is 24.2 Å². The molecule has 1 aromatic carbocycles. The van der Waals surface area contributed by atoms with Crippen LogP contribution in [-0.2, 0) is 16.6 Å². The fraction of sp³-hybridized carbons (Fsp3) is 0.536. The van der Waals surface area contributed by atoms with Crippen molar-refractivity contribution in [3.05, 3.63) is 53.5 Å². The van der Waals surface area contributed by atoms with Crippen LogP contribution in [0.3, 0.4) is 0 Å². The van der Waals surface area contributed by atoms with Gasteiger partial charge < -0.3 is 24.3 Å². The molecule has 7 rings (SSSR count). The predicted octanol–water partition coefficient (Wildman–Crippen LogP) is 3.09. The van der Waals surface area contributed by atoms with E-state index in [0.717, 1.165) is 43.0 Å². The number of likely N-dealkylation sites (N-methyl/N-ethyl adjacent to an activating group) is 1. The van der Waals surface area contributed by atoms with Crippen molar-refractivity contribution in [3.63, 3.8) is 0 Å². The van der Waals surface area contributed by atoms with Crippen LogP contribution in [0.25, 0.3) is 6.08 Å². The van der Waals surface area contributed by atoms with Gasteiger partial charge in [-0.1, -0.05) is 6.07 Å². The van der Waals surface area contributed by atoms with Gasteiger partial charge in [-0.3, -0.25) is 9.69 Å². The van der Waals surface area contributed by atoms with Crippen molar-refractivity contribution in [1.82, 2.24) is 9.80 Å². The first kappa shape index (κ1) is 21.5. The maximum atomic E-state index is 13.2. The Morgan fingerprint density at radius 2 is 2.11 bits per heavy atom.